The Hall–Kier alpha value is -2.34. The first-order valence-corrected chi connectivity index (χ1v) is 6.69. The number of ether oxygens (including phenoxy) is 1. The van der Waals surface area contributed by atoms with Gasteiger partial charge in [-0.3, -0.25) is 0 Å². The van der Waals surface area contributed by atoms with E-state index in [0.717, 1.165) is 0 Å². The zero-order chi connectivity index (χ0) is 15.2. The molecular formula is C14H14ClN3O3. The van der Waals surface area contributed by atoms with Gasteiger partial charge in [0, 0.05) is 17.6 Å². The second-order valence-electron chi connectivity index (χ2n) is 4.13. The van der Waals surface area contributed by atoms with Gasteiger partial charge in [-0.05, 0) is 31.2 Å². The Balaban J connectivity index is 2.14. The van der Waals surface area contributed by atoms with E-state index in [2.05, 4.69) is 15.3 Å². The smallest absolute Gasteiger partial charge is 0.354 e. The van der Waals surface area contributed by atoms with Crippen LogP contribution in [0.3, 0.4) is 0 Å². The number of aromatic carboxylic acids is 1. The Morgan fingerprint density at radius 2 is 2.05 bits per heavy atom. The van der Waals surface area contributed by atoms with Crippen molar-refractivity contribution in [2.45, 2.75) is 13.5 Å². The van der Waals surface area contributed by atoms with Crippen molar-refractivity contribution in [2.75, 3.05) is 11.9 Å². The van der Waals surface area contributed by atoms with Crippen molar-refractivity contribution in [3.8, 4) is 5.75 Å². The minimum Gasteiger partial charge on any atom is -0.486 e. The normalized spacial score (nSPS) is 10.2. The van der Waals surface area contributed by atoms with Crippen LogP contribution in [0.25, 0.3) is 0 Å². The fourth-order valence-corrected chi connectivity index (χ4v) is 1.75. The Bertz CT molecular complexity index is 632. The number of hydrogen-bond donors (Lipinski definition) is 2. The quantitative estimate of drug-likeness (QED) is 0.853. The topological polar surface area (TPSA) is 84.3 Å². The van der Waals surface area contributed by atoms with Gasteiger partial charge in [-0.2, -0.15) is 0 Å². The molecule has 21 heavy (non-hydrogen) atoms. The predicted molar refractivity (Wildman–Crippen MR) is 78.9 cm³/mol. The maximum atomic E-state index is 11.0. The Morgan fingerprint density at radius 1 is 1.33 bits per heavy atom. The van der Waals surface area contributed by atoms with E-state index in [1.165, 1.54) is 6.07 Å². The van der Waals surface area contributed by atoms with Crippen LogP contribution in [0.5, 0.6) is 5.75 Å². The van der Waals surface area contributed by atoms with Crippen LogP contribution in [0.4, 0.5) is 5.82 Å². The summed E-state index contributed by atoms with van der Waals surface area (Å²) in [5, 5.41) is 12.6. The number of anilines is 1. The zero-order valence-electron chi connectivity index (χ0n) is 11.3. The molecule has 7 heteroatoms. The van der Waals surface area contributed by atoms with E-state index in [-0.39, 0.29) is 12.3 Å². The summed E-state index contributed by atoms with van der Waals surface area (Å²) in [5.41, 5.74) is -0.0735. The van der Waals surface area contributed by atoms with Crippen LogP contribution < -0.4 is 10.1 Å². The van der Waals surface area contributed by atoms with Crippen LogP contribution in [0.15, 0.2) is 30.3 Å². The summed E-state index contributed by atoms with van der Waals surface area (Å²) < 4.78 is 5.51. The summed E-state index contributed by atoms with van der Waals surface area (Å²) in [7, 11) is 0. The molecule has 110 valence electrons. The number of nitrogens with zero attached hydrogens (tertiary/aromatic N) is 2. The largest absolute Gasteiger partial charge is 0.486 e. The van der Waals surface area contributed by atoms with Crippen molar-refractivity contribution in [2.24, 2.45) is 0 Å². The van der Waals surface area contributed by atoms with Crippen LogP contribution in [0.2, 0.25) is 5.02 Å². The second kappa shape index (κ2) is 6.90. The highest BCUT2D eigenvalue weighted by molar-refractivity contribution is 6.30. The van der Waals surface area contributed by atoms with Crippen molar-refractivity contribution in [3.63, 3.8) is 0 Å². The lowest BCUT2D eigenvalue weighted by Gasteiger charge is -2.08. The zero-order valence-corrected chi connectivity index (χ0v) is 12.1. The van der Waals surface area contributed by atoms with E-state index < -0.39 is 5.97 Å². The van der Waals surface area contributed by atoms with Crippen molar-refractivity contribution in [1.29, 1.82) is 0 Å². The average Bonchev–Trinajstić information content (AvgIpc) is 2.47. The Kier molecular flexibility index (Phi) is 4.94. The number of nitrogens with one attached hydrogen (secondary N) is 1. The molecule has 0 aliphatic heterocycles. The van der Waals surface area contributed by atoms with E-state index in [9.17, 15) is 4.79 Å². The molecule has 0 atom stereocenters. The molecule has 0 bridgehead atoms. The van der Waals surface area contributed by atoms with Crippen molar-refractivity contribution < 1.29 is 14.6 Å². The molecular weight excluding hydrogens is 294 g/mol. The first kappa shape index (κ1) is 15.1. The summed E-state index contributed by atoms with van der Waals surface area (Å²) in [6.07, 6.45) is 0. The molecule has 1 heterocycles. The van der Waals surface area contributed by atoms with E-state index in [1.807, 2.05) is 6.92 Å². The molecule has 2 aromatic rings. The van der Waals surface area contributed by atoms with Gasteiger partial charge < -0.3 is 15.2 Å². The minimum atomic E-state index is -1.11. The maximum absolute atomic E-state index is 11.0. The fraction of sp³-hybridized carbons (Fsp3) is 0.214. The highest BCUT2D eigenvalue weighted by Gasteiger charge is 2.10. The van der Waals surface area contributed by atoms with E-state index in [1.54, 1.807) is 24.3 Å². The SMILES string of the molecule is CCNc1cc(C(=O)O)nc(COc2ccc(Cl)cc2)n1. The molecule has 0 saturated carbocycles. The van der Waals surface area contributed by atoms with Gasteiger partial charge in [0.2, 0.25) is 0 Å². The van der Waals surface area contributed by atoms with E-state index in [4.69, 9.17) is 21.4 Å². The molecule has 2 N–H and O–H groups in total. The third-order valence-corrected chi connectivity index (χ3v) is 2.78. The number of carboxylic acid groups (broad SMARTS) is 1. The molecule has 1 aromatic carbocycles. The highest BCUT2D eigenvalue weighted by atomic mass is 35.5. The van der Waals surface area contributed by atoms with Crippen LogP contribution in [0, 0.1) is 0 Å². The molecule has 2 rings (SSSR count). The van der Waals surface area contributed by atoms with Gasteiger partial charge in [-0.15, -0.1) is 0 Å². The number of halogens is 1. The number of hydrogen-bond acceptors (Lipinski definition) is 5. The molecule has 0 fully saturated rings. The molecule has 0 saturated heterocycles. The fourth-order valence-electron chi connectivity index (χ4n) is 1.62. The molecule has 0 aliphatic carbocycles. The summed E-state index contributed by atoms with van der Waals surface area (Å²) in [4.78, 5) is 19.2. The molecule has 0 aliphatic rings. The van der Waals surface area contributed by atoms with E-state index in [0.29, 0.717) is 29.0 Å². The lowest BCUT2D eigenvalue weighted by molar-refractivity contribution is 0.0689. The first-order chi connectivity index (χ1) is 10.1. The monoisotopic (exact) mass is 307 g/mol. The van der Waals surface area contributed by atoms with E-state index >= 15 is 0 Å². The average molecular weight is 308 g/mol. The molecule has 1 aromatic heterocycles. The van der Waals surface area contributed by atoms with Crippen LogP contribution in [-0.2, 0) is 6.61 Å². The minimum absolute atomic E-state index is 0.0706. The molecule has 0 amide bonds. The van der Waals surface area contributed by atoms with Crippen LogP contribution in [0.1, 0.15) is 23.2 Å². The van der Waals surface area contributed by atoms with Gasteiger partial charge in [0.1, 0.15) is 18.2 Å². The number of carbonyl (C=O) groups is 1. The van der Waals surface area contributed by atoms with Gasteiger partial charge in [-0.1, -0.05) is 11.6 Å². The molecule has 0 radical (unpaired) electrons. The highest BCUT2D eigenvalue weighted by Crippen LogP contribution is 2.17. The lowest BCUT2D eigenvalue weighted by atomic mass is 10.3. The number of aromatic nitrogens is 2. The van der Waals surface area contributed by atoms with Crippen molar-refractivity contribution in [1.82, 2.24) is 9.97 Å². The standard InChI is InChI=1S/C14H14ClN3O3/c1-2-16-12-7-11(14(19)20)17-13(18-12)8-21-10-5-3-9(15)4-6-10/h3-7H,2,8H2,1H3,(H,19,20)(H,16,17,18). The molecule has 6 nitrogen and oxygen atoms in total. The summed E-state index contributed by atoms with van der Waals surface area (Å²) in [6, 6.07) is 8.23. The van der Waals surface area contributed by atoms with Crippen molar-refractivity contribution in [3.05, 3.63) is 46.9 Å². The van der Waals surface area contributed by atoms with Gasteiger partial charge in [0.25, 0.3) is 0 Å². The summed E-state index contributed by atoms with van der Waals surface area (Å²) >= 11 is 5.79. The Labute approximate surface area is 126 Å². The first-order valence-electron chi connectivity index (χ1n) is 6.32. The number of benzene rings is 1. The second-order valence-corrected chi connectivity index (χ2v) is 4.57. The number of rotatable bonds is 6. The summed E-state index contributed by atoms with van der Waals surface area (Å²) in [5.74, 6) is 0.249. The molecule has 0 spiro atoms. The lowest BCUT2D eigenvalue weighted by Crippen LogP contribution is -2.11. The third kappa shape index (κ3) is 4.32. The Morgan fingerprint density at radius 3 is 2.67 bits per heavy atom. The summed E-state index contributed by atoms with van der Waals surface area (Å²) in [6.45, 7) is 2.60. The van der Waals surface area contributed by atoms with Crippen LogP contribution in [-0.4, -0.2) is 27.6 Å². The maximum Gasteiger partial charge on any atom is 0.354 e. The predicted octanol–water partition coefficient (Wildman–Crippen LogP) is 2.84. The van der Waals surface area contributed by atoms with Crippen molar-refractivity contribution >= 4 is 23.4 Å². The van der Waals surface area contributed by atoms with Gasteiger partial charge in [0.15, 0.2) is 11.5 Å². The van der Waals surface area contributed by atoms with Gasteiger partial charge in [0.05, 0.1) is 0 Å². The molecule has 0 unspecified atom stereocenters. The number of carboxylic acids is 1. The van der Waals surface area contributed by atoms with Gasteiger partial charge in [-0.25, -0.2) is 14.8 Å². The third-order valence-electron chi connectivity index (χ3n) is 2.53. The van der Waals surface area contributed by atoms with Gasteiger partial charge >= 0.3 is 5.97 Å². The van der Waals surface area contributed by atoms with Crippen LogP contribution >= 0.6 is 11.6 Å².